The summed E-state index contributed by atoms with van der Waals surface area (Å²) in [6.45, 7) is 2.32. The van der Waals surface area contributed by atoms with Crippen molar-refractivity contribution in [3.8, 4) is 0 Å². The molecule has 1 N–H and O–H groups in total. The van der Waals surface area contributed by atoms with E-state index in [-0.39, 0.29) is 0 Å². The monoisotopic (exact) mass is 214 g/mol. The number of rotatable bonds is 1. The molecular weight excluding hydrogens is 196 g/mol. The van der Waals surface area contributed by atoms with Crippen molar-refractivity contribution in [1.29, 1.82) is 0 Å². The van der Waals surface area contributed by atoms with Crippen LogP contribution in [0.25, 0.3) is 10.9 Å². The molecule has 1 aromatic carbocycles. The Balaban J connectivity index is 1.99. The maximum absolute atomic E-state index is 3.48. The van der Waals surface area contributed by atoms with Crippen molar-refractivity contribution in [2.24, 2.45) is 7.05 Å². The van der Waals surface area contributed by atoms with Crippen LogP contribution in [0.1, 0.15) is 24.3 Å². The summed E-state index contributed by atoms with van der Waals surface area (Å²) < 4.78 is 2.20. The van der Waals surface area contributed by atoms with Crippen LogP contribution in [0.5, 0.6) is 0 Å². The first-order valence-electron chi connectivity index (χ1n) is 6.10. The maximum Gasteiger partial charge on any atom is 0.0480 e. The fourth-order valence-electron chi connectivity index (χ4n) is 2.67. The topological polar surface area (TPSA) is 17.0 Å². The van der Waals surface area contributed by atoms with Gasteiger partial charge in [-0.05, 0) is 48.4 Å². The highest BCUT2D eigenvalue weighted by Crippen LogP contribution is 2.26. The van der Waals surface area contributed by atoms with Crippen molar-refractivity contribution >= 4 is 10.9 Å². The molecule has 3 rings (SSSR count). The summed E-state index contributed by atoms with van der Waals surface area (Å²) >= 11 is 0. The highest BCUT2D eigenvalue weighted by atomic mass is 14.9. The second-order valence-electron chi connectivity index (χ2n) is 4.79. The van der Waals surface area contributed by atoms with Crippen molar-refractivity contribution in [3.63, 3.8) is 0 Å². The van der Waals surface area contributed by atoms with Gasteiger partial charge in [-0.2, -0.15) is 0 Å². The van der Waals surface area contributed by atoms with Gasteiger partial charge in [0.1, 0.15) is 0 Å². The van der Waals surface area contributed by atoms with E-state index >= 15 is 0 Å². The van der Waals surface area contributed by atoms with Crippen LogP contribution in [-0.4, -0.2) is 17.7 Å². The van der Waals surface area contributed by atoms with Crippen LogP contribution in [0.4, 0.5) is 0 Å². The maximum atomic E-state index is 3.48. The summed E-state index contributed by atoms with van der Waals surface area (Å²) in [5, 5.41) is 4.83. The molecule has 1 aliphatic heterocycles. The van der Waals surface area contributed by atoms with Gasteiger partial charge in [0.05, 0.1) is 0 Å². The molecule has 84 valence electrons. The van der Waals surface area contributed by atoms with Crippen LogP contribution >= 0.6 is 0 Å². The molecule has 1 unspecified atom stereocenters. The van der Waals surface area contributed by atoms with Crippen LogP contribution < -0.4 is 5.32 Å². The van der Waals surface area contributed by atoms with Gasteiger partial charge in [0.2, 0.25) is 0 Å². The number of hydrogen-bond donors (Lipinski definition) is 1. The lowest BCUT2D eigenvalue weighted by atomic mass is 9.91. The van der Waals surface area contributed by atoms with Gasteiger partial charge in [-0.3, -0.25) is 0 Å². The molecule has 1 saturated heterocycles. The lowest BCUT2D eigenvalue weighted by Gasteiger charge is -2.23. The Hall–Kier alpha value is -1.28. The molecule has 1 aromatic heterocycles. The first-order valence-corrected chi connectivity index (χ1v) is 6.10. The van der Waals surface area contributed by atoms with Gasteiger partial charge in [-0.25, -0.2) is 0 Å². The van der Waals surface area contributed by atoms with E-state index in [1.807, 2.05) is 0 Å². The van der Waals surface area contributed by atoms with E-state index in [4.69, 9.17) is 0 Å². The van der Waals surface area contributed by atoms with E-state index in [1.165, 1.54) is 35.9 Å². The van der Waals surface area contributed by atoms with Crippen LogP contribution in [0.3, 0.4) is 0 Å². The highest BCUT2D eigenvalue weighted by Gasteiger charge is 2.15. The Labute approximate surface area is 96.3 Å². The molecule has 0 amide bonds. The third-order valence-electron chi connectivity index (χ3n) is 3.68. The molecule has 2 nitrogen and oxygen atoms in total. The van der Waals surface area contributed by atoms with Crippen molar-refractivity contribution < 1.29 is 0 Å². The van der Waals surface area contributed by atoms with Crippen molar-refractivity contribution in [3.05, 3.63) is 36.0 Å². The summed E-state index contributed by atoms with van der Waals surface area (Å²) in [4.78, 5) is 0. The SMILES string of the molecule is Cn1ccc2ccc(C3CCCNC3)cc21. The zero-order valence-corrected chi connectivity index (χ0v) is 9.74. The first kappa shape index (κ1) is 9.91. The molecule has 0 aliphatic carbocycles. The Morgan fingerprint density at radius 1 is 1.31 bits per heavy atom. The number of aryl methyl sites for hydroxylation is 1. The lowest BCUT2D eigenvalue weighted by Crippen LogP contribution is -2.28. The molecule has 0 radical (unpaired) electrons. The van der Waals surface area contributed by atoms with Crippen LogP contribution in [-0.2, 0) is 7.05 Å². The van der Waals surface area contributed by atoms with E-state index in [0.717, 1.165) is 6.54 Å². The van der Waals surface area contributed by atoms with Crippen LogP contribution in [0, 0.1) is 0 Å². The second kappa shape index (κ2) is 3.95. The lowest BCUT2D eigenvalue weighted by molar-refractivity contribution is 0.462. The minimum atomic E-state index is 0.702. The average molecular weight is 214 g/mol. The normalized spacial score (nSPS) is 21.4. The summed E-state index contributed by atoms with van der Waals surface area (Å²) in [7, 11) is 2.12. The Bertz CT molecular complexity index is 492. The van der Waals surface area contributed by atoms with Gasteiger partial charge in [-0.15, -0.1) is 0 Å². The average Bonchev–Trinajstić information content (AvgIpc) is 2.72. The number of benzene rings is 1. The van der Waals surface area contributed by atoms with E-state index in [1.54, 1.807) is 0 Å². The van der Waals surface area contributed by atoms with Gasteiger partial charge in [0, 0.05) is 25.3 Å². The number of aromatic nitrogens is 1. The highest BCUT2D eigenvalue weighted by molar-refractivity contribution is 5.80. The summed E-state index contributed by atoms with van der Waals surface area (Å²) in [5.41, 5.74) is 2.84. The Kier molecular flexibility index (Phi) is 2.44. The molecule has 1 atom stereocenters. The molecule has 2 heterocycles. The largest absolute Gasteiger partial charge is 0.351 e. The Morgan fingerprint density at radius 3 is 3.06 bits per heavy atom. The number of piperidine rings is 1. The smallest absolute Gasteiger partial charge is 0.0480 e. The molecule has 0 spiro atoms. The first-order chi connectivity index (χ1) is 7.84. The van der Waals surface area contributed by atoms with Crippen molar-refractivity contribution in [2.45, 2.75) is 18.8 Å². The molecule has 1 aliphatic rings. The zero-order chi connectivity index (χ0) is 11.0. The van der Waals surface area contributed by atoms with Gasteiger partial charge in [-0.1, -0.05) is 12.1 Å². The van der Waals surface area contributed by atoms with Gasteiger partial charge in [0.25, 0.3) is 0 Å². The molecule has 2 heteroatoms. The molecule has 0 saturated carbocycles. The Morgan fingerprint density at radius 2 is 2.25 bits per heavy atom. The predicted molar refractivity (Wildman–Crippen MR) is 67.8 cm³/mol. The van der Waals surface area contributed by atoms with E-state index in [0.29, 0.717) is 5.92 Å². The number of hydrogen-bond acceptors (Lipinski definition) is 1. The fourth-order valence-corrected chi connectivity index (χ4v) is 2.67. The molecule has 2 aromatic rings. The second-order valence-corrected chi connectivity index (χ2v) is 4.79. The minimum absolute atomic E-state index is 0.702. The third kappa shape index (κ3) is 1.63. The number of nitrogens with one attached hydrogen (secondary N) is 1. The van der Waals surface area contributed by atoms with E-state index < -0.39 is 0 Å². The van der Waals surface area contributed by atoms with Gasteiger partial charge >= 0.3 is 0 Å². The van der Waals surface area contributed by atoms with Crippen LogP contribution in [0.15, 0.2) is 30.5 Å². The van der Waals surface area contributed by atoms with Crippen molar-refractivity contribution in [2.75, 3.05) is 13.1 Å². The van der Waals surface area contributed by atoms with E-state index in [9.17, 15) is 0 Å². The molecular formula is C14H18N2. The summed E-state index contributed by atoms with van der Waals surface area (Å²) in [6.07, 6.45) is 4.76. The van der Waals surface area contributed by atoms with Crippen LogP contribution in [0.2, 0.25) is 0 Å². The molecule has 1 fully saturated rings. The van der Waals surface area contributed by atoms with Crippen molar-refractivity contribution in [1.82, 2.24) is 9.88 Å². The zero-order valence-electron chi connectivity index (χ0n) is 9.74. The number of nitrogens with zero attached hydrogens (tertiary/aromatic N) is 1. The predicted octanol–water partition coefficient (Wildman–Crippen LogP) is 2.65. The van der Waals surface area contributed by atoms with Gasteiger partial charge < -0.3 is 9.88 Å². The molecule has 0 bridgehead atoms. The summed E-state index contributed by atoms with van der Waals surface area (Å²) in [5.74, 6) is 0.702. The fraction of sp³-hybridized carbons (Fsp3) is 0.429. The number of fused-ring (bicyclic) bond motifs is 1. The summed E-state index contributed by atoms with van der Waals surface area (Å²) in [6, 6.07) is 9.07. The molecule has 16 heavy (non-hydrogen) atoms. The quantitative estimate of drug-likeness (QED) is 0.772. The standard InChI is InChI=1S/C14H18N2/c1-16-8-6-11-4-5-12(9-14(11)16)13-3-2-7-15-10-13/h4-6,8-9,13,15H,2-3,7,10H2,1H3. The van der Waals surface area contributed by atoms with Gasteiger partial charge in [0.15, 0.2) is 0 Å². The van der Waals surface area contributed by atoms with E-state index in [2.05, 4.69) is 47.4 Å². The minimum Gasteiger partial charge on any atom is -0.351 e. The third-order valence-corrected chi connectivity index (χ3v) is 3.68.